The average Bonchev–Trinajstić information content (AvgIpc) is 2.97. The summed E-state index contributed by atoms with van der Waals surface area (Å²) in [7, 11) is 1.53. The predicted molar refractivity (Wildman–Crippen MR) is 102 cm³/mol. The molecule has 0 bridgehead atoms. The summed E-state index contributed by atoms with van der Waals surface area (Å²) in [6, 6.07) is 8.83. The fraction of sp³-hybridized carbons (Fsp3) is 0.316. The summed E-state index contributed by atoms with van der Waals surface area (Å²) >= 11 is 1.13. The minimum absolute atomic E-state index is 0.129. The van der Waals surface area contributed by atoms with Crippen LogP contribution in [0, 0.1) is 18.3 Å². The van der Waals surface area contributed by atoms with Crippen molar-refractivity contribution in [1.82, 2.24) is 4.90 Å². The van der Waals surface area contributed by atoms with Gasteiger partial charge < -0.3 is 15.0 Å². The van der Waals surface area contributed by atoms with Gasteiger partial charge in [0, 0.05) is 18.7 Å². The predicted octanol–water partition coefficient (Wildman–Crippen LogP) is 3.67. The minimum Gasteiger partial charge on any atom is -0.497 e. The first-order chi connectivity index (χ1) is 12.5. The number of hydrogen-bond donors (Lipinski definition) is 1. The number of thiophene rings is 1. The van der Waals surface area contributed by atoms with Crippen LogP contribution in [-0.4, -0.2) is 36.9 Å². The molecule has 0 spiro atoms. The van der Waals surface area contributed by atoms with E-state index in [0.29, 0.717) is 45.4 Å². The maximum absolute atomic E-state index is 12.6. The molecule has 0 radical (unpaired) electrons. The largest absolute Gasteiger partial charge is 0.497 e. The Kier molecular flexibility index (Phi) is 6.36. The van der Waals surface area contributed by atoms with Crippen molar-refractivity contribution in [1.29, 1.82) is 5.26 Å². The number of amides is 2. The van der Waals surface area contributed by atoms with Gasteiger partial charge >= 0.3 is 0 Å². The van der Waals surface area contributed by atoms with Crippen LogP contribution in [0.3, 0.4) is 0 Å². The van der Waals surface area contributed by atoms with E-state index in [4.69, 9.17) is 4.74 Å². The molecule has 0 aliphatic rings. The van der Waals surface area contributed by atoms with Crippen molar-refractivity contribution in [3.8, 4) is 11.8 Å². The summed E-state index contributed by atoms with van der Waals surface area (Å²) in [5.74, 6) is 0.0808. The molecule has 0 unspecified atom stereocenters. The zero-order valence-electron chi connectivity index (χ0n) is 15.3. The molecule has 136 valence electrons. The lowest BCUT2D eigenvalue weighted by atomic mass is 10.1. The Morgan fingerprint density at radius 1 is 1.31 bits per heavy atom. The summed E-state index contributed by atoms with van der Waals surface area (Å²) in [5.41, 5.74) is 1.33. The maximum Gasteiger partial charge on any atom is 0.264 e. The lowest BCUT2D eigenvalue weighted by molar-refractivity contribution is 0.0777. The Labute approximate surface area is 157 Å². The van der Waals surface area contributed by atoms with Crippen LogP contribution in [0.1, 0.15) is 45.0 Å². The van der Waals surface area contributed by atoms with Crippen LogP contribution in [-0.2, 0) is 0 Å². The highest BCUT2D eigenvalue weighted by Gasteiger charge is 2.24. The number of anilines is 1. The molecular formula is C19H21N3O3S. The van der Waals surface area contributed by atoms with Crippen LogP contribution in [0.25, 0.3) is 0 Å². The summed E-state index contributed by atoms with van der Waals surface area (Å²) in [5, 5.41) is 12.6. The third-order valence-corrected chi connectivity index (χ3v) is 5.26. The van der Waals surface area contributed by atoms with E-state index in [-0.39, 0.29) is 11.8 Å². The van der Waals surface area contributed by atoms with Crippen LogP contribution < -0.4 is 10.1 Å². The van der Waals surface area contributed by atoms with Gasteiger partial charge in [0.25, 0.3) is 11.8 Å². The number of carbonyl (C=O) groups is 2. The summed E-state index contributed by atoms with van der Waals surface area (Å²) < 4.78 is 5.13. The molecule has 26 heavy (non-hydrogen) atoms. The molecule has 1 N–H and O–H groups in total. The number of nitrogens with one attached hydrogen (secondary N) is 1. The average molecular weight is 371 g/mol. The van der Waals surface area contributed by atoms with Gasteiger partial charge in [0.2, 0.25) is 0 Å². The molecule has 2 amide bonds. The van der Waals surface area contributed by atoms with E-state index in [2.05, 4.69) is 11.4 Å². The second kappa shape index (κ2) is 8.50. The first-order valence-corrected chi connectivity index (χ1v) is 9.06. The quantitative estimate of drug-likeness (QED) is 0.840. The Balaban J connectivity index is 2.35. The standard InChI is InChI=1S/C19H21N3O3S/c1-5-22(6-2)19(24)16-12(3)15(11-20)18(26-16)21-17(23)13-8-7-9-14(10-13)25-4/h7-10H,5-6H2,1-4H3,(H,21,23). The number of hydrogen-bond acceptors (Lipinski definition) is 5. The highest BCUT2D eigenvalue weighted by Crippen LogP contribution is 2.33. The molecule has 0 aliphatic carbocycles. The van der Waals surface area contributed by atoms with Gasteiger partial charge in [0.15, 0.2) is 0 Å². The van der Waals surface area contributed by atoms with Gasteiger partial charge in [-0.25, -0.2) is 0 Å². The van der Waals surface area contributed by atoms with Crippen molar-refractivity contribution >= 4 is 28.2 Å². The first kappa shape index (κ1) is 19.5. The minimum atomic E-state index is -0.358. The zero-order valence-corrected chi connectivity index (χ0v) is 16.1. The van der Waals surface area contributed by atoms with E-state index in [1.54, 1.807) is 36.1 Å². The lowest BCUT2D eigenvalue weighted by Crippen LogP contribution is -2.30. The Bertz CT molecular complexity index is 863. The fourth-order valence-corrected chi connectivity index (χ4v) is 3.65. The van der Waals surface area contributed by atoms with Gasteiger partial charge in [0.1, 0.15) is 16.8 Å². The molecule has 2 rings (SSSR count). The maximum atomic E-state index is 12.6. The normalized spacial score (nSPS) is 10.1. The van der Waals surface area contributed by atoms with Gasteiger partial charge in [-0.1, -0.05) is 6.07 Å². The Hall–Kier alpha value is -2.85. The number of ether oxygens (including phenoxy) is 1. The molecule has 1 aromatic carbocycles. The molecule has 2 aromatic rings. The summed E-state index contributed by atoms with van der Waals surface area (Å²) in [4.78, 5) is 27.3. The van der Waals surface area contributed by atoms with Crippen LogP contribution in [0.4, 0.5) is 5.00 Å². The Morgan fingerprint density at radius 3 is 2.58 bits per heavy atom. The van der Waals surface area contributed by atoms with E-state index >= 15 is 0 Å². The molecule has 6 nitrogen and oxygen atoms in total. The number of nitriles is 1. The second-order valence-corrected chi connectivity index (χ2v) is 6.56. The number of methoxy groups -OCH3 is 1. The molecule has 1 aromatic heterocycles. The SMILES string of the molecule is CCN(CC)C(=O)c1sc(NC(=O)c2cccc(OC)c2)c(C#N)c1C. The van der Waals surface area contributed by atoms with Gasteiger partial charge in [-0.2, -0.15) is 5.26 Å². The monoisotopic (exact) mass is 371 g/mol. The van der Waals surface area contributed by atoms with E-state index in [1.165, 1.54) is 7.11 Å². The van der Waals surface area contributed by atoms with E-state index < -0.39 is 0 Å². The van der Waals surface area contributed by atoms with Crippen LogP contribution in [0.5, 0.6) is 5.75 Å². The van der Waals surface area contributed by atoms with Crippen LogP contribution in [0.2, 0.25) is 0 Å². The van der Waals surface area contributed by atoms with E-state index in [1.807, 2.05) is 13.8 Å². The second-order valence-electron chi connectivity index (χ2n) is 5.54. The summed E-state index contributed by atoms with van der Waals surface area (Å²) in [6.07, 6.45) is 0. The molecule has 0 saturated heterocycles. The van der Waals surface area contributed by atoms with Crippen molar-refractivity contribution in [2.75, 3.05) is 25.5 Å². The first-order valence-electron chi connectivity index (χ1n) is 8.24. The molecule has 1 heterocycles. The number of benzene rings is 1. The van der Waals surface area contributed by atoms with Crippen molar-refractivity contribution in [2.24, 2.45) is 0 Å². The van der Waals surface area contributed by atoms with E-state index in [0.717, 1.165) is 11.3 Å². The smallest absolute Gasteiger partial charge is 0.264 e. The zero-order chi connectivity index (χ0) is 19.3. The summed E-state index contributed by atoms with van der Waals surface area (Å²) in [6.45, 7) is 6.70. The van der Waals surface area contributed by atoms with Crippen molar-refractivity contribution in [3.63, 3.8) is 0 Å². The van der Waals surface area contributed by atoms with Crippen molar-refractivity contribution < 1.29 is 14.3 Å². The van der Waals surface area contributed by atoms with Gasteiger partial charge in [0.05, 0.1) is 17.6 Å². The van der Waals surface area contributed by atoms with Crippen LogP contribution in [0.15, 0.2) is 24.3 Å². The highest BCUT2D eigenvalue weighted by molar-refractivity contribution is 7.18. The fourth-order valence-electron chi connectivity index (χ4n) is 2.53. The third kappa shape index (κ3) is 3.86. The lowest BCUT2D eigenvalue weighted by Gasteiger charge is -2.17. The number of rotatable bonds is 6. The van der Waals surface area contributed by atoms with Crippen molar-refractivity contribution in [2.45, 2.75) is 20.8 Å². The topological polar surface area (TPSA) is 82.4 Å². The number of nitrogens with zero attached hydrogens (tertiary/aromatic N) is 2. The number of carbonyl (C=O) groups excluding carboxylic acids is 2. The highest BCUT2D eigenvalue weighted by atomic mass is 32.1. The molecular weight excluding hydrogens is 350 g/mol. The molecule has 0 aliphatic heterocycles. The van der Waals surface area contributed by atoms with Gasteiger partial charge in [-0.05, 0) is 44.5 Å². The molecule has 7 heteroatoms. The third-order valence-electron chi connectivity index (χ3n) is 4.06. The molecule has 0 atom stereocenters. The van der Waals surface area contributed by atoms with Gasteiger partial charge in [-0.3, -0.25) is 9.59 Å². The Morgan fingerprint density at radius 2 is 2.00 bits per heavy atom. The van der Waals surface area contributed by atoms with Crippen LogP contribution >= 0.6 is 11.3 Å². The molecule has 0 saturated carbocycles. The van der Waals surface area contributed by atoms with Crippen molar-refractivity contribution in [3.05, 3.63) is 45.8 Å². The van der Waals surface area contributed by atoms with E-state index in [9.17, 15) is 14.9 Å². The molecule has 0 fully saturated rings. The van der Waals surface area contributed by atoms with Gasteiger partial charge in [-0.15, -0.1) is 11.3 Å².